The van der Waals surface area contributed by atoms with Gasteiger partial charge in [-0.05, 0) is 39.8 Å². The van der Waals surface area contributed by atoms with Crippen molar-refractivity contribution < 1.29 is 18.6 Å². The van der Waals surface area contributed by atoms with Gasteiger partial charge in [-0.15, -0.1) is 0 Å². The van der Waals surface area contributed by atoms with Crippen LogP contribution in [0.25, 0.3) is 0 Å². The van der Waals surface area contributed by atoms with Gasteiger partial charge in [0.05, 0.1) is 6.10 Å². The van der Waals surface area contributed by atoms with Crippen molar-refractivity contribution in [3.05, 3.63) is 30.3 Å². The molecule has 1 aromatic rings. The lowest BCUT2D eigenvalue weighted by molar-refractivity contribution is -0.153. The van der Waals surface area contributed by atoms with Crippen LogP contribution >= 0.6 is 7.52 Å². The maximum Gasteiger partial charge on any atom is 0.326 e. The third-order valence-electron chi connectivity index (χ3n) is 2.36. The summed E-state index contributed by atoms with van der Waals surface area (Å²) in [6.07, 6.45) is -0.227. The zero-order chi connectivity index (χ0) is 15.4. The van der Waals surface area contributed by atoms with Crippen LogP contribution in [0.5, 0.6) is 5.75 Å². The highest BCUT2D eigenvalue weighted by atomic mass is 31.2. The van der Waals surface area contributed by atoms with E-state index in [0.717, 1.165) is 0 Å². The van der Waals surface area contributed by atoms with Crippen molar-refractivity contribution in [3.8, 4) is 5.75 Å². The van der Waals surface area contributed by atoms with Crippen molar-refractivity contribution in [2.75, 3.05) is 6.66 Å². The Morgan fingerprint density at radius 2 is 1.80 bits per heavy atom. The van der Waals surface area contributed by atoms with E-state index in [1.165, 1.54) is 6.66 Å². The topological polar surface area (TPSA) is 64.6 Å². The van der Waals surface area contributed by atoms with Gasteiger partial charge in [-0.2, -0.15) is 0 Å². The molecule has 0 aliphatic heterocycles. The number of rotatable bonds is 6. The van der Waals surface area contributed by atoms with E-state index in [4.69, 9.17) is 9.26 Å². The summed E-state index contributed by atoms with van der Waals surface area (Å²) in [5, 5.41) is 2.75. The van der Waals surface area contributed by atoms with Gasteiger partial charge >= 0.3 is 13.5 Å². The van der Waals surface area contributed by atoms with Crippen LogP contribution in [0, 0.1) is 0 Å². The number of para-hydroxylation sites is 1. The molecule has 0 aromatic heterocycles. The smallest absolute Gasteiger partial charge is 0.326 e. The van der Waals surface area contributed by atoms with Gasteiger partial charge in [0.15, 0.2) is 0 Å². The fraction of sp³-hybridized carbons (Fsp3) is 0.500. The van der Waals surface area contributed by atoms with E-state index in [2.05, 4.69) is 5.09 Å². The Hall–Kier alpha value is -1.32. The molecule has 6 heteroatoms. The molecule has 1 rings (SSSR count). The predicted octanol–water partition coefficient (Wildman–Crippen LogP) is 3.21. The van der Waals surface area contributed by atoms with Gasteiger partial charge < -0.3 is 9.26 Å². The van der Waals surface area contributed by atoms with Gasteiger partial charge in [-0.25, -0.2) is 5.09 Å². The quantitative estimate of drug-likeness (QED) is 0.645. The van der Waals surface area contributed by atoms with Crippen LogP contribution in [0.4, 0.5) is 0 Å². The molecular formula is C14H22NO4P. The van der Waals surface area contributed by atoms with Gasteiger partial charge in [0.1, 0.15) is 11.3 Å². The monoisotopic (exact) mass is 299 g/mol. The first-order chi connectivity index (χ1) is 9.12. The number of esters is 1. The van der Waals surface area contributed by atoms with E-state index in [-0.39, 0.29) is 6.10 Å². The molecule has 0 aliphatic rings. The van der Waals surface area contributed by atoms with Crippen molar-refractivity contribution in [2.24, 2.45) is 0 Å². The predicted molar refractivity (Wildman–Crippen MR) is 79.0 cm³/mol. The number of ether oxygens (including phenoxy) is 1. The van der Waals surface area contributed by atoms with Gasteiger partial charge in [0.25, 0.3) is 0 Å². The lowest BCUT2D eigenvalue weighted by atomic mass is 10.1. The van der Waals surface area contributed by atoms with Crippen molar-refractivity contribution >= 4 is 13.5 Å². The van der Waals surface area contributed by atoms with E-state index >= 15 is 0 Å². The van der Waals surface area contributed by atoms with Gasteiger partial charge in [0, 0.05) is 6.66 Å². The van der Waals surface area contributed by atoms with Crippen molar-refractivity contribution in [1.82, 2.24) is 5.09 Å². The molecule has 0 heterocycles. The van der Waals surface area contributed by atoms with Crippen LogP contribution in [-0.2, 0) is 14.1 Å². The third kappa shape index (κ3) is 5.35. The van der Waals surface area contributed by atoms with Crippen LogP contribution in [0.3, 0.4) is 0 Å². The number of carbonyl (C=O) groups is 1. The molecule has 0 spiro atoms. The van der Waals surface area contributed by atoms with E-state index < -0.39 is 19.0 Å². The molecule has 0 unspecified atom stereocenters. The summed E-state index contributed by atoms with van der Waals surface area (Å²) >= 11 is 0. The highest BCUT2D eigenvalue weighted by molar-refractivity contribution is 7.56. The van der Waals surface area contributed by atoms with Crippen molar-refractivity contribution in [1.29, 1.82) is 0 Å². The third-order valence-corrected chi connectivity index (χ3v) is 3.88. The molecule has 1 N–H and O–H groups in total. The highest BCUT2D eigenvalue weighted by Gasteiger charge is 2.36. The minimum absolute atomic E-state index is 0.227. The minimum Gasteiger partial charge on any atom is -0.462 e. The van der Waals surface area contributed by atoms with Crippen molar-refractivity contribution in [2.45, 2.75) is 39.3 Å². The minimum atomic E-state index is -3.18. The zero-order valence-electron chi connectivity index (χ0n) is 12.5. The zero-order valence-corrected chi connectivity index (χ0v) is 13.4. The van der Waals surface area contributed by atoms with Gasteiger partial charge in [-0.3, -0.25) is 9.36 Å². The summed E-state index contributed by atoms with van der Waals surface area (Å²) in [7, 11) is -3.18. The summed E-state index contributed by atoms with van der Waals surface area (Å²) in [5.41, 5.74) is -1.09. The van der Waals surface area contributed by atoms with Crippen LogP contribution in [0.15, 0.2) is 30.3 Å². The fourth-order valence-electron chi connectivity index (χ4n) is 1.62. The molecule has 0 aliphatic carbocycles. The molecule has 1 aromatic carbocycles. The van der Waals surface area contributed by atoms with Crippen LogP contribution in [0.2, 0.25) is 0 Å². The first-order valence-electron chi connectivity index (χ1n) is 6.45. The molecule has 0 saturated carbocycles. The Kier molecular flexibility index (Phi) is 5.37. The van der Waals surface area contributed by atoms with E-state index in [9.17, 15) is 9.36 Å². The Morgan fingerprint density at radius 1 is 1.25 bits per heavy atom. The lowest BCUT2D eigenvalue weighted by Gasteiger charge is -2.28. The molecule has 0 bridgehead atoms. The molecule has 1 atom stereocenters. The second kappa shape index (κ2) is 6.42. The van der Waals surface area contributed by atoms with E-state index in [1.54, 1.807) is 52.0 Å². The second-order valence-electron chi connectivity index (χ2n) is 5.44. The second-order valence-corrected chi connectivity index (χ2v) is 7.54. The van der Waals surface area contributed by atoms with Crippen LogP contribution < -0.4 is 9.61 Å². The standard InChI is InChI=1S/C14H22NO4P/c1-11(2)18-13(16)14(3,4)15-20(5,17)19-12-9-7-6-8-10-12/h6-11H,1-5H3,(H,15,17)/t20-/m1/s1. The largest absolute Gasteiger partial charge is 0.462 e. The van der Waals surface area contributed by atoms with Gasteiger partial charge in [-0.1, -0.05) is 18.2 Å². The number of hydrogen-bond acceptors (Lipinski definition) is 4. The first kappa shape index (κ1) is 16.7. The summed E-state index contributed by atoms with van der Waals surface area (Å²) in [4.78, 5) is 11.9. The van der Waals surface area contributed by atoms with E-state index in [1.807, 2.05) is 6.07 Å². The highest BCUT2D eigenvalue weighted by Crippen LogP contribution is 2.41. The Balaban J connectivity index is 2.74. The van der Waals surface area contributed by atoms with Crippen LogP contribution in [-0.4, -0.2) is 24.3 Å². The Morgan fingerprint density at radius 3 is 2.30 bits per heavy atom. The molecule has 20 heavy (non-hydrogen) atoms. The normalized spacial score (nSPS) is 14.7. The van der Waals surface area contributed by atoms with Crippen molar-refractivity contribution in [3.63, 3.8) is 0 Å². The fourth-order valence-corrected chi connectivity index (χ4v) is 3.30. The summed E-state index contributed by atoms with van der Waals surface area (Å²) in [5.74, 6) is 0.0186. The summed E-state index contributed by atoms with van der Waals surface area (Å²) in [6.45, 7) is 8.19. The summed E-state index contributed by atoms with van der Waals surface area (Å²) in [6, 6.07) is 8.82. The molecule has 112 valence electrons. The number of carbonyl (C=O) groups excluding carboxylic acids is 1. The molecule has 5 nitrogen and oxygen atoms in total. The maximum absolute atomic E-state index is 12.4. The number of benzene rings is 1. The Labute approximate surface area is 120 Å². The SMILES string of the molecule is CC(C)OC(=O)C(C)(C)N[P@](C)(=O)Oc1ccccc1. The lowest BCUT2D eigenvalue weighted by Crippen LogP contribution is -2.47. The first-order valence-corrected chi connectivity index (χ1v) is 8.52. The molecular weight excluding hydrogens is 277 g/mol. The average molecular weight is 299 g/mol. The van der Waals surface area contributed by atoms with E-state index in [0.29, 0.717) is 5.75 Å². The van der Waals surface area contributed by atoms with Gasteiger partial charge in [0.2, 0.25) is 0 Å². The molecule has 0 saturated heterocycles. The number of hydrogen-bond donors (Lipinski definition) is 1. The molecule has 0 amide bonds. The number of nitrogens with one attached hydrogen (secondary N) is 1. The maximum atomic E-state index is 12.4. The molecule has 0 fully saturated rings. The molecule has 0 radical (unpaired) electrons. The Bertz CT molecular complexity index is 499. The summed E-state index contributed by atoms with van der Waals surface area (Å²) < 4.78 is 23.0. The average Bonchev–Trinajstić information content (AvgIpc) is 2.26. The van der Waals surface area contributed by atoms with Crippen LogP contribution in [0.1, 0.15) is 27.7 Å².